The Hall–Kier alpha value is -3.42. The van der Waals surface area contributed by atoms with Gasteiger partial charge in [-0.1, -0.05) is 6.07 Å². The standard InChI is InChI=1S/C19H18F3N5O3/c1-10-13(7-16(28)24-9-12-6-5-11(8-23)26-27(12)30)18(29)25-15-4-2-3-14(17(10)15)19(20,21)22/h2-4,11-12H,5-7,9H2,1H3,(H2-,24,25,26,28,29,30)/p+1. The van der Waals surface area contributed by atoms with Gasteiger partial charge in [0.15, 0.2) is 6.04 Å². The summed E-state index contributed by atoms with van der Waals surface area (Å²) in [7, 11) is 0. The van der Waals surface area contributed by atoms with Gasteiger partial charge in [0.1, 0.15) is 4.87 Å². The molecule has 1 aromatic carbocycles. The number of nitrogens with one attached hydrogen (secondary N) is 3. The number of rotatable bonds is 4. The first-order valence-electron chi connectivity index (χ1n) is 9.22. The highest BCUT2D eigenvalue weighted by Gasteiger charge is 2.35. The van der Waals surface area contributed by atoms with Crippen LogP contribution in [0.15, 0.2) is 23.0 Å². The molecular weight excluding hydrogens is 403 g/mol. The second-order valence-electron chi connectivity index (χ2n) is 7.13. The van der Waals surface area contributed by atoms with Crippen LogP contribution in [0.2, 0.25) is 0 Å². The third-order valence-electron chi connectivity index (χ3n) is 5.15. The zero-order chi connectivity index (χ0) is 22.1. The van der Waals surface area contributed by atoms with E-state index in [0.29, 0.717) is 17.7 Å². The molecule has 0 spiro atoms. The number of nitrogens with zero attached hydrogens (tertiary/aromatic N) is 2. The fourth-order valence-electron chi connectivity index (χ4n) is 3.56. The van der Waals surface area contributed by atoms with E-state index >= 15 is 0 Å². The lowest BCUT2D eigenvalue weighted by Gasteiger charge is -2.18. The number of hydrogen-bond donors (Lipinski definition) is 3. The van der Waals surface area contributed by atoms with Crippen LogP contribution in [0.3, 0.4) is 0 Å². The topological polar surface area (TPSA) is 118 Å². The van der Waals surface area contributed by atoms with E-state index in [9.17, 15) is 27.7 Å². The number of alkyl halides is 3. The smallest absolute Gasteiger partial charge is 0.349 e. The summed E-state index contributed by atoms with van der Waals surface area (Å²) < 4.78 is 40.1. The number of carbonyl (C=O) groups is 1. The Morgan fingerprint density at radius 1 is 1.37 bits per heavy atom. The van der Waals surface area contributed by atoms with Crippen molar-refractivity contribution < 1.29 is 22.8 Å². The minimum Gasteiger partial charge on any atom is -0.349 e. The van der Waals surface area contributed by atoms with Gasteiger partial charge in [-0.3, -0.25) is 9.59 Å². The monoisotopic (exact) mass is 422 g/mol. The first-order chi connectivity index (χ1) is 14.1. The molecule has 2 aromatic rings. The van der Waals surface area contributed by atoms with Crippen LogP contribution in [0.25, 0.3) is 10.9 Å². The lowest BCUT2D eigenvalue weighted by molar-refractivity contribution is -0.652. The maximum absolute atomic E-state index is 13.4. The van der Waals surface area contributed by atoms with Gasteiger partial charge in [0.25, 0.3) is 11.6 Å². The molecule has 8 nitrogen and oxygen atoms in total. The molecule has 0 saturated carbocycles. The van der Waals surface area contributed by atoms with E-state index in [4.69, 9.17) is 5.26 Å². The quantitative estimate of drug-likeness (QED) is 0.650. The summed E-state index contributed by atoms with van der Waals surface area (Å²) >= 11 is 0. The molecular formula is C19H19F3N5O3+. The van der Waals surface area contributed by atoms with Crippen molar-refractivity contribution in [2.24, 2.45) is 0 Å². The number of nitriles is 1. The normalized spacial score (nSPS) is 19.2. The number of nitroso groups, excluding NO2 is 1. The number of aryl methyl sites for hydroxylation is 1. The van der Waals surface area contributed by atoms with Gasteiger partial charge in [0, 0.05) is 22.9 Å². The molecule has 1 saturated heterocycles. The summed E-state index contributed by atoms with van der Waals surface area (Å²) in [5, 5.41) is 11.2. The summed E-state index contributed by atoms with van der Waals surface area (Å²) in [5.74, 6) is -0.594. The largest absolute Gasteiger partial charge is 0.417 e. The number of benzene rings is 1. The lowest BCUT2D eigenvalue weighted by Crippen LogP contribution is -2.51. The van der Waals surface area contributed by atoms with Crippen molar-refractivity contribution in [2.75, 3.05) is 6.54 Å². The molecule has 0 aliphatic carbocycles. The van der Waals surface area contributed by atoms with Gasteiger partial charge < -0.3 is 10.3 Å². The number of carbonyl (C=O) groups excluding carboxylic acids is 1. The van der Waals surface area contributed by atoms with Crippen molar-refractivity contribution in [3.05, 3.63) is 50.2 Å². The van der Waals surface area contributed by atoms with Crippen LogP contribution in [-0.2, 0) is 17.4 Å². The minimum absolute atomic E-state index is 0.0220. The van der Waals surface area contributed by atoms with Crippen molar-refractivity contribution in [1.29, 1.82) is 5.26 Å². The number of hydrazine groups is 1. The molecule has 3 N–H and O–H groups in total. The SMILES string of the molecule is Cc1c(CC(=O)NCC2CCC(C#N)N[N+]2=O)c(=O)[nH]c2cccc(C(F)(F)F)c12. The third-order valence-corrected chi connectivity index (χ3v) is 5.15. The van der Waals surface area contributed by atoms with Crippen molar-refractivity contribution in [1.82, 2.24) is 15.7 Å². The maximum Gasteiger partial charge on any atom is 0.417 e. The van der Waals surface area contributed by atoms with E-state index in [2.05, 4.69) is 15.7 Å². The highest BCUT2D eigenvalue weighted by molar-refractivity contribution is 5.88. The number of hydrogen-bond acceptors (Lipinski definition) is 4. The van der Waals surface area contributed by atoms with Gasteiger partial charge in [-0.05, 0) is 31.0 Å². The van der Waals surface area contributed by atoms with Gasteiger partial charge in [0.2, 0.25) is 5.91 Å². The summed E-state index contributed by atoms with van der Waals surface area (Å²) in [5.41, 5.74) is 0.973. The molecule has 0 bridgehead atoms. The van der Waals surface area contributed by atoms with Crippen LogP contribution in [-0.4, -0.2) is 34.4 Å². The summed E-state index contributed by atoms with van der Waals surface area (Å²) in [4.78, 5) is 39.5. The highest BCUT2D eigenvalue weighted by atomic mass is 19.4. The van der Waals surface area contributed by atoms with E-state index in [1.807, 2.05) is 6.07 Å². The number of pyridine rings is 1. The van der Waals surface area contributed by atoms with Crippen molar-refractivity contribution >= 4 is 16.8 Å². The Morgan fingerprint density at radius 2 is 2.10 bits per heavy atom. The first-order valence-corrected chi connectivity index (χ1v) is 9.22. The molecule has 1 aliphatic rings. The number of fused-ring (bicyclic) bond motifs is 1. The Labute approximate surface area is 168 Å². The van der Waals surface area contributed by atoms with Gasteiger partial charge in [0.05, 0.1) is 29.5 Å². The maximum atomic E-state index is 13.4. The molecule has 2 unspecified atom stereocenters. The van der Waals surface area contributed by atoms with Crippen LogP contribution in [0.4, 0.5) is 13.2 Å². The molecule has 3 rings (SSSR count). The van der Waals surface area contributed by atoms with E-state index in [1.165, 1.54) is 19.1 Å². The van der Waals surface area contributed by atoms with Gasteiger partial charge in [-0.2, -0.15) is 18.4 Å². The molecule has 1 aliphatic heterocycles. The molecule has 158 valence electrons. The average Bonchev–Trinajstić information content (AvgIpc) is 2.68. The predicted octanol–water partition coefficient (Wildman–Crippen LogP) is 1.85. The summed E-state index contributed by atoms with van der Waals surface area (Å²) in [6.07, 6.45) is -4.21. The third kappa shape index (κ3) is 4.27. The zero-order valence-corrected chi connectivity index (χ0v) is 16.0. The number of halogens is 3. The van der Waals surface area contributed by atoms with Crippen LogP contribution in [0.5, 0.6) is 0 Å². The fraction of sp³-hybridized carbons (Fsp3) is 0.421. The number of aromatic amines is 1. The summed E-state index contributed by atoms with van der Waals surface area (Å²) in [6, 6.07) is 4.26. The van der Waals surface area contributed by atoms with Gasteiger partial charge >= 0.3 is 6.18 Å². The van der Waals surface area contributed by atoms with Crippen molar-refractivity contribution in [3.63, 3.8) is 0 Å². The highest BCUT2D eigenvalue weighted by Crippen LogP contribution is 2.35. The van der Waals surface area contributed by atoms with E-state index in [-0.39, 0.29) is 28.6 Å². The second-order valence-corrected chi connectivity index (χ2v) is 7.13. The predicted molar refractivity (Wildman–Crippen MR) is 100 cm³/mol. The van der Waals surface area contributed by atoms with Crippen molar-refractivity contribution in [3.8, 4) is 6.07 Å². The molecule has 0 radical (unpaired) electrons. The fourth-order valence-corrected chi connectivity index (χ4v) is 3.56. The Bertz CT molecular complexity index is 1100. The number of H-pyrrole nitrogens is 1. The molecule has 2 atom stereocenters. The van der Waals surface area contributed by atoms with E-state index < -0.39 is 41.7 Å². The Balaban J connectivity index is 1.79. The molecule has 30 heavy (non-hydrogen) atoms. The van der Waals surface area contributed by atoms with Gasteiger partial charge in [-0.15, -0.1) is 5.43 Å². The number of aromatic nitrogens is 1. The van der Waals surface area contributed by atoms with Crippen LogP contribution in [0, 0.1) is 23.2 Å². The Kier molecular flexibility index (Phi) is 5.78. The molecule has 11 heteroatoms. The van der Waals surface area contributed by atoms with E-state index in [0.717, 1.165) is 6.07 Å². The van der Waals surface area contributed by atoms with E-state index in [1.54, 1.807) is 0 Å². The molecule has 1 fully saturated rings. The van der Waals surface area contributed by atoms with Crippen LogP contribution in [0.1, 0.15) is 29.5 Å². The van der Waals surface area contributed by atoms with Crippen LogP contribution >= 0.6 is 0 Å². The first kappa shape index (κ1) is 21.3. The summed E-state index contributed by atoms with van der Waals surface area (Å²) in [6.45, 7) is 1.35. The molecule has 2 heterocycles. The number of amides is 1. The zero-order valence-electron chi connectivity index (χ0n) is 16.0. The van der Waals surface area contributed by atoms with Gasteiger partial charge in [-0.25, -0.2) is 0 Å². The van der Waals surface area contributed by atoms with Crippen molar-refractivity contribution in [2.45, 2.75) is 44.4 Å². The minimum atomic E-state index is -4.62. The average molecular weight is 422 g/mol. The lowest BCUT2D eigenvalue weighted by atomic mass is 9.98. The molecule has 1 amide bonds. The molecule has 1 aromatic heterocycles. The second kappa shape index (κ2) is 8.14. The van der Waals surface area contributed by atoms with Crippen LogP contribution < -0.4 is 16.3 Å². The Morgan fingerprint density at radius 3 is 2.73 bits per heavy atom.